The average molecular weight is 318 g/mol. The number of benzene rings is 1. The van der Waals surface area contributed by atoms with Gasteiger partial charge in [-0.05, 0) is 31.5 Å². The van der Waals surface area contributed by atoms with Crippen LogP contribution in [-0.2, 0) is 9.84 Å². The van der Waals surface area contributed by atoms with Gasteiger partial charge in [-0.1, -0.05) is 19.1 Å². The lowest BCUT2D eigenvalue weighted by molar-refractivity contribution is 0.234. The smallest absolute Gasteiger partial charge is 0.341 e. The molecule has 0 aromatic heterocycles. The van der Waals surface area contributed by atoms with E-state index >= 15 is 0 Å². The fraction of sp³-hybridized carbons (Fsp3) is 0.571. The van der Waals surface area contributed by atoms with Gasteiger partial charge in [-0.3, -0.25) is 0 Å². The highest BCUT2D eigenvalue weighted by molar-refractivity contribution is 7.91. The highest BCUT2D eigenvalue weighted by atomic mass is 32.2. The maximum Gasteiger partial charge on any atom is 0.341 e. The third kappa shape index (κ3) is 3.52. The van der Waals surface area contributed by atoms with Crippen LogP contribution in [0.4, 0.5) is 14.5 Å². The van der Waals surface area contributed by atoms with Gasteiger partial charge in [0, 0.05) is 19.1 Å². The van der Waals surface area contributed by atoms with E-state index in [2.05, 4.69) is 5.32 Å². The Morgan fingerprint density at radius 3 is 2.76 bits per heavy atom. The first-order valence-corrected chi connectivity index (χ1v) is 8.61. The number of hydrogen-bond donors (Lipinski definition) is 1. The third-order valence-electron chi connectivity index (χ3n) is 3.66. The van der Waals surface area contributed by atoms with E-state index in [4.69, 9.17) is 0 Å². The first-order chi connectivity index (χ1) is 9.96. The first kappa shape index (κ1) is 16.2. The molecule has 1 heterocycles. The summed E-state index contributed by atoms with van der Waals surface area (Å²) < 4.78 is 49.3. The van der Waals surface area contributed by atoms with Gasteiger partial charge in [0.1, 0.15) is 0 Å². The summed E-state index contributed by atoms with van der Waals surface area (Å²) >= 11 is 0. The molecule has 0 radical (unpaired) electrons. The number of likely N-dealkylation sites (N-methyl/N-ethyl adjacent to an activating group) is 1. The van der Waals surface area contributed by atoms with Gasteiger partial charge >= 0.3 is 5.76 Å². The maximum atomic E-state index is 12.8. The second kappa shape index (κ2) is 6.70. The molecule has 21 heavy (non-hydrogen) atoms. The van der Waals surface area contributed by atoms with Crippen LogP contribution < -0.4 is 10.2 Å². The Morgan fingerprint density at radius 2 is 2.10 bits per heavy atom. The lowest BCUT2D eigenvalue weighted by atomic mass is 10.0. The highest BCUT2D eigenvalue weighted by Crippen LogP contribution is 2.30. The quantitative estimate of drug-likeness (QED) is 0.905. The molecule has 0 amide bonds. The number of nitrogens with one attached hydrogen (secondary N) is 1. The van der Waals surface area contributed by atoms with Crippen molar-refractivity contribution < 1.29 is 17.2 Å². The van der Waals surface area contributed by atoms with E-state index in [1.807, 2.05) is 11.8 Å². The number of hydrogen-bond acceptors (Lipinski definition) is 4. The van der Waals surface area contributed by atoms with Crippen molar-refractivity contribution in [2.24, 2.45) is 0 Å². The summed E-state index contributed by atoms with van der Waals surface area (Å²) in [6.45, 7) is 4.14. The van der Waals surface area contributed by atoms with Crippen LogP contribution >= 0.6 is 0 Å². The SMILES string of the molecule is CCNC1CCCN(c2ccccc2S(=O)(=O)C(F)F)C1. The van der Waals surface area contributed by atoms with Crippen LogP contribution in [0.1, 0.15) is 19.8 Å². The van der Waals surface area contributed by atoms with Crippen molar-refractivity contribution in [1.29, 1.82) is 0 Å². The molecule has 1 saturated heterocycles. The second-order valence-corrected chi connectivity index (χ2v) is 7.00. The molecule has 0 bridgehead atoms. The van der Waals surface area contributed by atoms with Crippen LogP contribution in [0.3, 0.4) is 0 Å². The molecule has 0 spiro atoms. The molecule has 1 aromatic rings. The zero-order chi connectivity index (χ0) is 15.5. The molecule has 1 aromatic carbocycles. The summed E-state index contributed by atoms with van der Waals surface area (Å²) in [5.41, 5.74) is 0.375. The van der Waals surface area contributed by atoms with E-state index in [0.717, 1.165) is 19.4 Å². The normalized spacial score (nSPS) is 20.0. The Bertz CT molecular complexity index is 576. The molecule has 0 aliphatic carbocycles. The van der Waals surface area contributed by atoms with Gasteiger partial charge in [0.15, 0.2) is 0 Å². The Kier molecular flexibility index (Phi) is 5.16. The molecule has 1 aliphatic heterocycles. The number of nitrogens with zero attached hydrogens (tertiary/aromatic N) is 1. The summed E-state index contributed by atoms with van der Waals surface area (Å²) in [6, 6.07) is 6.27. The molecule has 0 saturated carbocycles. The van der Waals surface area contributed by atoms with Gasteiger partial charge in [0.25, 0.3) is 0 Å². The van der Waals surface area contributed by atoms with Crippen LogP contribution in [0.5, 0.6) is 0 Å². The van der Waals surface area contributed by atoms with Crippen LogP contribution in [0.15, 0.2) is 29.2 Å². The second-order valence-electron chi connectivity index (χ2n) is 5.12. The third-order valence-corrected chi connectivity index (χ3v) is 5.09. The zero-order valence-corrected chi connectivity index (χ0v) is 12.7. The van der Waals surface area contributed by atoms with Crippen molar-refractivity contribution in [1.82, 2.24) is 5.32 Å². The van der Waals surface area contributed by atoms with Crippen LogP contribution in [0.25, 0.3) is 0 Å². The average Bonchev–Trinajstić information content (AvgIpc) is 2.48. The molecule has 4 nitrogen and oxygen atoms in total. The van der Waals surface area contributed by atoms with Gasteiger partial charge in [0.2, 0.25) is 9.84 Å². The summed E-state index contributed by atoms with van der Waals surface area (Å²) in [4.78, 5) is 1.60. The summed E-state index contributed by atoms with van der Waals surface area (Å²) in [5.74, 6) is -3.40. The predicted octanol–water partition coefficient (Wildman–Crippen LogP) is 2.26. The highest BCUT2D eigenvalue weighted by Gasteiger charge is 2.31. The van der Waals surface area contributed by atoms with E-state index in [9.17, 15) is 17.2 Å². The number of alkyl halides is 2. The fourth-order valence-electron chi connectivity index (χ4n) is 2.71. The lowest BCUT2D eigenvalue weighted by Gasteiger charge is -2.35. The van der Waals surface area contributed by atoms with Crippen LogP contribution in [0, 0.1) is 0 Å². The summed E-state index contributed by atoms with van der Waals surface area (Å²) in [7, 11) is -4.58. The van der Waals surface area contributed by atoms with Crippen molar-refractivity contribution >= 4 is 15.5 Å². The van der Waals surface area contributed by atoms with E-state index in [1.165, 1.54) is 12.1 Å². The number of rotatable bonds is 5. The predicted molar refractivity (Wildman–Crippen MR) is 78.5 cm³/mol. The number of sulfone groups is 1. The molecular formula is C14H20F2N2O2S. The van der Waals surface area contributed by atoms with Gasteiger partial charge in [-0.15, -0.1) is 0 Å². The molecule has 118 valence electrons. The molecule has 1 N–H and O–H groups in total. The topological polar surface area (TPSA) is 49.4 Å². The molecular weight excluding hydrogens is 298 g/mol. The van der Waals surface area contributed by atoms with Gasteiger partial charge in [-0.25, -0.2) is 8.42 Å². The number of halogens is 2. The van der Waals surface area contributed by atoms with Crippen LogP contribution in [0.2, 0.25) is 0 Å². The Morgan fingerprint density at radius 1 is 1.38 bits per heavy atom. The minimum atomic E-state index is -4.58. The van der Waals surface area contributed by atoms with E-state index in [1.54, 1.807) is 12.1 Å². The zero-order valence-electron chi connectivity index (χ0n) is 11.9. The molecule has 2 rings (SSSR count). The number of para-hydroxylation sites is 1. The number of piperidine rings is 1. The van der Waals surface area contributed by atoms with E-state index in [0.29, 0.717) is 18.8 Å². The summed E-state index contributed by atoms with van der Waals surface area (Å²) in [5, 5.41) is 3.33. The summed E-state index contributed by atoms with van der Waals surface area (Å²) in [6.07, 6.45) is 1.91. The Balaban J connectivity index is 2.32. The molecule has 1 fully saturated rings. The first-order valence-electron chi connectivity index (χ1n) is 7.06. The minimum absolute atomic E-state index is 0.256. The van der Waals surface area contributed by atoms with Crippen molar-refractivity contribution in [2.75, 3.05) is 24.5 Å². The lowest BCUT2D eigenvalue weighted by Crippen LogP contribution is -2.46. The maximum absolute atomic E-state index is 12.8. The van der Waals surface area contributed by atoms with Crippen molar-refractivity contribution in [3.05, 3.63) is 24.3 Å². The Labute approximate surface area is 124 Å². The molecule has 1 atom stereocenters. The van der Waals surface area contributed by atoms with Gasteiger partial charge in [-0.2, -0.15) is 8.78 Å². The molecule has 7 heteroatoms. The minimum Gasteiger partial charge on any atom is -0.369 e. The van der Waals surface area contributed by atoms with Crippen molar-refractivity contribution in [3.8, 4) is 0 Å². The van der Waals surface area contributed by atoms with Gasteiger partial charge in [0.05, 0.1) is 10.6 Å². The van der Waals surface area contributed by atoms with Gasteiger partial charge < -0.3 is 10.2 Å². The van der Waals surface area contributed by atoms with Crippen LogP contribution in [-0.4, -0.2) is 39.9 Å². The van der Waals surface area contributed by atoms with E-state index in [-0.39, 0.29) is 10.9 Å². The fourth-order valence-corrected chi connectivity index (χ4v) is 3.66. The van der Waals surface area contributed by atoms with Crippen molar-refractivity contribution in [3.63, 3.8) is 0 Å². The van der Waals surface area contributed by atoms with Crippen molar-refractivity contribution in [2.45, 2.75) is 36.5 Å². The monoisotopic (exact) mass is 318 g/mol. The Hall–Kier alpha value is -1.21. The van der Waals surface area contributed by atoms with E-state index < -0.39 is 15.6 Å². The molecule has 1 unspecified atom stereocenters. The number of anilines is 1. The standard InChI is InChI=1S/C14H20F2N2O2S/c1-2-17-11-6-5-9-18(10-11)12-7-3-4-8-13(12)21(19,20)14(15)16/h3-4,7-8,11,14,17H,2,5-6,9-10H2,1H3. The largest absolute Gasteiger partial charge is 0.369 e. The molecule has 1 aliphatic rings.